The maximum Gasteiger partial charge on any atom is 0.227 e. The normalized spacial score (nSPS) is 13.4. The number of fused-ring (bicyclic) bond motifs is 2. The van der Waals surface area contributed by atoms with Gasteiger partial charge in [0.1, 0.15) is 17.3 Å². The van der Waals surface area contributed by atoms with Crippen LogP contribution in [0.3, 0.4) is 0 Å². The molecular weight excluding hydrogens is 505 g/mol. The number of halogens is 1. The predicted molar refractivity (Wildman–Crippen MR) is 155 cm³/mol. The number of methoxy groups -OCH3 is 1. The largest absolute Gasteiger partial charge is 0.497 e. The molecule has 3 aromatic heterocycles. The third-order valence-electron chi connectivity index (χ3n) is 7.72. The molecule has 198 valence electrons. The van der Waals surface area contributed by atoms with E-state index < -0.39 is 0 Å². The summed E-state index contributed by atoms with van der Waals surface area (Å²) in [6, 6.07) is 20.7. The number of ether oxygens (including phenoxy) is 1. The lowest BCUT2D eigenvalue weighted by molar-refractivity contribution is -0.122. The molecule has 0 aliphatic heterocycles. The van der Waals surface area contributed by atoms with Gasteiger partial charge in [0, 0.05) is 40.0 Å². The molecule has 7 nitrogen and oxygen atoms in total. The van der Waals surface area contributed by atoms with Crippen LogP contribution >= 0.6 is 0 Å². The summed E-state index contributed by atoms with van der Waals surface area (Å²) in [5, 5.41) is 12.7. The maximum absolute atomic E-state index is 14.3. The van der Waals surface area contributed by atoms with Gasteiger partial charge in [-0.3, -0.25) is 14.9 Å². The standard InChI is InChI=1S/C32H26FN5O2/c1-40-24-12-20(10-22(33)14-24)25-6-3-7-28-26(25)15-30(36-28)31-27-13-19(8-9-29(27)37-38-31)21-11-23(17-34-16-21)35-32(39)18-4-2-5-18/h3,6-18,36H,2,4-5H2,1H3,(H,35,39)(H,37,38). The summed E-state index contributed by atoms with van der Waals surface area (Å²) in [6.45, 7) is 0. The second kappa shape index (κ2) is 9.64. The number of benzene rings is 3. The van der Waals surface area contributed by atoms with Crippen LogP contribution in [0.25, 0.3) is 55.4 Å². The van der Waals surface area contributed by atoms with Crippen molar-refractivity contribution >= 4 is 33.4 Å². The van der Waals surface area contributed by atoms with E-state index in [0.29, 0.717) is 11.4 Å². The fraction of sp³-hybridized carbons (Fsp3) is 0.156. The van der Waals surface area contributed by atoms with Crippen molar-refractivity contribution in [3.8, 4) is 39.4 Å². The van der Waals surface area contributed by atoms with Crippen LogP contribution in [0.2, 0.25) is 0 Å². The maximum atomic E-state index is 14.3. The van der Waals surface area contributed by atoms with Crippen molar-refractivity contribution in [2.75, 3.05) is 12.4 Å². The first-order chi connectivity index (χ1) is 19.6. The van der Waals surface area contributed by atoms with Gasteiger partial charge < -0.3 is 15.0 Å². The molecule has 0 radical (unpaired) electrons. The first-order valence-electron chi connectivity index (χ1n) is 13.3. The summed E-state index contributed by atoms with van der Waals surface area (Å²) >= 11 is 0. The zero-order valence-corrected chi connectivity index (χ0v) is 21.8. The molecule has 6 aromatic rings. The average molecular weight is 532 g/mol. The first-order valence-corrected chi connectivity index (χ1v) is 13.3. The fourth-order valence-corrected chi connectivity index (χ4v) is 5.35. The quantitative estimate of drug-likeness (QED) is 0.210. The number of nitrogens with one attached hydrogen (secondary N) is 3. The van der Waals surface area contributed by atoms with E-state index >= 15 is 0 Å². The van der Waals surface area contributed by atoms with Gasteiger partial charge in [-0.15, -0.1) is 0 Å². The highest BCUT2D eigenvalue weighted by Gasteiger charge is 2.25. The smallest absolute Gasteiger partial charge is 0.227 e. The Labute approximate surface area is 229 Å². The number of amides is 1. The van der Waals surface area contributed by atoms with E-state index in [9.17, 15) is 9.18 Å². The molecule has 1 aliphatic rings. The highest BCUT2D eigenvalue weighted by Crippen LogP contribution is 2.36. The molecule has 1 fully saturated rings. The summed E-state index contributed by atoms with van der Waals surface area (Å²) in [6.07, 6.45) is 6.48. The lowest BCUT2D eigenvalue weighted by Crippen LogP contribution is -2.28. The molecule has 0 spiro atoms. The average Bonchev–Trinajstić information content (AvgIpc) is 3.55. The topological polar surface area (TPSA) is 95.7 Å². The number of H-pyrrole nitrogens is 2. The molecule has 0 unspecified atom stereocenters. The van der Waals surface area contributed by atoms with Crippen LogP contribution in [0.15, 0.2) is 79.1 Å². The Morgan fingerprint density at radius 1 is 0.950 bits per heavy atom. The lowest BCUT2D eigenvalue weighted by atomic mass is 9.85. The number of aromatic amines is 2. The summed E-state index contributed by atoms with van der Waals surface area (Å²) in [7, 11) is 1.53. The van der Waals surface area contributed by atoms with Gasteiger partial charge in [-0.1, -0.05) is 24.6 Å². The molecule has 1 amide bonds. The molecule has 3 aromatic carbocycles. The van der Waals surface area contributed by atoms with Gasteiger partial charge in [0.25, 0.3) is 0 Å². The molecule has 0 saturated heterocycles. The van der Waals surface area contributed by atoms with Crippen LogP contribution in [0, 0.1) is 11.7 Å². The molecule has 8 heteroatoms. The van der Waals surface area contributed by atoms with Gasteiger partial charge in [-0.2, -0.15) is 5.10 Å². The summed E-state index contributed by atoms with van der Waals surface area (Å²) < 4.78 is 19.6. The Bertz CT molecular complexity index is 1900. The minimum Gasteiger partial charge on any atom is -0.497 e. The highest BCUT2D eigenvalue weighted by atomic mass is 19.1. The first kappa shape index (κ1) is 24.1. The van der Waals surface area contributed by atoms with E-state index in [2.05, 4.69) is 31.5 Å². The van der Waals surface area contributed by atoms with Crippen LogP contribution in [0.4, 0.5) is 10.1 Å². The number of nitrogens with zero attached hydrogens (tertiary/aromatic N) is 2. The van der Waals surface area contributed by atoms with Crippen molar-refractivity contribution < 1.29 is 13.9 Å². The van der Waals surface area contributed by atoms with Gasteiger partial charge in [0.05, 0.1) is 30.2 Å². The van der Waals surface area contributed by atoms with Crippen molar-refractivity contribution in [1.82, 2.24) is 20.2 Å². The number of hydrogen-bond donors (Lipinski definition) is 3. The van der Waals surface area contributed by atoms with E-state index in [-0.39, 0.29) is 17.6 Å². The van der Waals surface area contributed by atoms with Gasteiger partial charge in [0.2, 0.25) is 5.91 Å². The molecule has 3 N–H and O–H groups in total. The van der Waals surface area contributed by atoms with Crippen molar-refractivity contribution in [3.63, 3.8) is 0 Å². The van der Waals surface area contributed by atoms with Crippen molar-refractivity contribution in [3.05, 3.63) is 84.9 Å². The van der Waals surface area contributed by atoms with Gasteiger partial charge in [0.15, 0.2) is 0 Å². The van der Waals surface area contributed by atoms with E-state index in [0.717, 1.165) is 74.7 Å². The zero-order chi connectivity index (χ0) is 27.2. The number of carbonyl (C=O) groups excluding carboxylic acids is 1. The van der Waals surface area contributed by atoms with Crippen LogP contribution in [-0.2, 0) is 4.79 Å². The van der Waals surface area contributed by atoms with Crippen molar-refractivity contribution in [2.24, 2.45) is 5.92 Å². The highest BCUT2D eigenvalue weighted by molar-refractivity contribution is 6.02. The molecule has 0 atom stereocenters. The summed E-state index contributed by atoms with van der Waals surface area (Å²) in [5.41, 5.74) is 7.62. The fourth-order valence-electron chi connectivity index (χ4n) is 5.35. The summed E-state index contributed by atoms with van der Waals surface area (Å²) in [4.78, 5) is 20.3. The molecular formula is C32H26FN5O2. The van der Waals surface area contributed by atoms with Crippen LogP contribution in [0.1, 0.15) is 19.3 Å². The SMILES string of the molecule is COc1cc(F)cc(-c2cccc3[nH]c(-c4n[nH]c5ccc(-c6cncc(NC(=O)C7CCC7)c6)cc45)cc23)c1. The number of pyridine rings is 1. The monoisotopic (exact) mass is 531 g/mol. The second-order valence-corrected chi connectivity index (χ2v) is 10.2. The third-order valence-corrected chi connectivity index (χ3v) is 7.72. The van der Waals surface area contributed by atoms with Crippen LogP contribution in [0.5, 0.6) is 5.75 Å². The number of anilines is 1. The number of aromatic nitrogens is 4. The van der Waals surface area contributed by atoms with Gasteiger partial charge in [-0.25, -0.2) is 4.39 Å². The molecule has 1 saturated carbocycles. The molecule has 3 heterocycles. The Kier molecular flexibility index (Phi) is 5.81. The lowest BCUT2D eigenvalue weighted by Gasteiger charge is -2.24. The Hall–Kier alpha value is -4.98. The van der Waals surface area contributed by atoms with Gasteiger partial charge >= 0.3 is 0 Å². The van der Waals surface area contributed by atoms with Crippen LogP contribution < -0.4 is 10.1 Å². The van der Waals surface area contributed by atoms with E-state index in [1.165, 1.54) is 19.2 Å². The van der Waals surface area contributed by atoms with E-state index in [4.69, 9.17) is 4.74 Å². The second-order valence-electron chi connectivity index (χ2n) is 10.2. The van der Waals surface area contributed by atoms with Crippen molar-refractivity contribution in [1.29, 1.82) is 0 Å². The Morgan fingerprint density at radius 3 is 2.67 bits per heavy atom. The number of carbonyl (C=O) groups is 1. The van der Waals surface area contributed by atoms with E-state index in [1.54, 1.807) is 12.4 Å². The summed E-state index contributed by atoms with van der Waals surface area (Å²) in [5.74, 6) is 0.282. The van der Waals surface area contributed by atoms with Gasteiger partial charge in [-0.05, 0) is 72.0 Å². The minimum absolute atomic E-state index is 0.0626. The zero-order valence-electron chi connectivity index (χ0n) is 21.8. The Morgan fingerprint density at radius 2 is 1.85 bits per heavy atom. The molecule has 7 rings (SSSR count). The van der Waals surface area contributed by atoms with E-state index in [1.807, 2.05) is 48.5 Å². The third kappa shape index (κ3) is 4.27. The molecule has 40 heavy (non-hydrogen) atoms. The number of rotatable bonds is 6. The van der Waals surface area contributed by atoms with Crippen molar-refractivity contribution in [2.45, 2.75) is 19.3 Å². The predicted octanol–water partition coefficient (Wildman–Crippen LogP) is 7.33. The Balaban J connectivity index is 1.26. The minimum atomic E-state index is -0.353. The number of hydrogen-bond acceptors (Lipinski definition) is 4. The molecule has 1 aliphatic carbocycles. The van der Waals surface area contributed by atoms with Crippen LogP contribution in [-0.4, -0.2) is 33.2 Å². The molecule has 0 bridgehead atoms.